The van der Waals surface area contributed by atoms with Crippen molar-refractivity contribution in [3.63, 3.8) is 0 Å². The summed E-state index contributed by atoms with van der Waals surface area (Å²) >= 11 is 0. The molecule has 2 aliphatic heterocycles. The third-order valence-electron chi connectivity index (χ3n) is 5.21. The summed E-state index contributed by atoms with van der Waals surface area (Å²) in [6, 6.07) is 7.97. The molecule has 2 atom stereocenters. The van der Waals surface area contributed by atoms with Gasteiger partial charge in [0.05, 0.1) is 11.4 Å². The predicted molar refractivity (Wildman–Crippen MR) is 92.2 cm³/mol. The SMILES string of the molecule is CC1CCC(C)N1c1ccc(N2CCCCCC2)c(N)c1. The topological polar surface area (TPSA) is 32.5 Å². The van der Waals surface area contributed by atoms with E-state index in [-0.39, 0.29) is 0 Å². The first-order valence-corrected chi connectivity index (χ1v) is 8.59. The molecule has 0 bridgehead atoms. The number of nitrogens with two attached hydrogens (primary N) is 1. The fourth-order valence-electron chi connectivity index (χ4n) is 4.01. The van der Waals surface area contributed by atoms with Gasteiger partial charge in [-0.2, -0.15) is 0 Å². The summed E-state index contributed by atoms with van der Waals surface area (Å²) in [5.74, 6) is 0. The van der Waals surface area contributed by atoms with E-state index in [1.807, 2.05) is 0 Å². The van der Waals surface area contributed by atoms with E-state index in [1.165, 1.54) is 49.9 Å². The number of hydrogen-bond donors (Lipinski definition) is 1. The van der Waals surface area contributed by atoms with Gasteiger partial charge in [-0.25, -0.2) is 0 Å². The highest BCUT2D eigenvalue weighted by molar-refractivity contribution is 5.73. The second kappa shape index (κ2) is 6.17. The Bertz CT molecular complexity index is 467. The summed E-state index contributed by atoms with van der Waals surface area (Å²) in [6.07, 6.45) is 7.88. The van der Waals surface area contributed by atoms with Crippen LogP contribution in [0, 0.1) is 0 Å². The third kappa shape index (κ3) is 2.97. The molecule has 2 unspecified atom stereocenters. The molecule has 2 saturated heterocycles. The van der Waals surface area contributed by atoms with E-state index in [1.54, 1.807) is 0 Å². The van der Waals surface area contributed by atoms with E-state index >= 15 is 0 Å². The quantitative estimate of drug-likeness (QED) is 0.834. The number of nitrogens with zero attached hydrogens (tertiary/aromatic N) is 2. The van der Waals surface area contributed by atoms with Gasteiger partial charge in [-0.1, -0.05) is 12.8 Å². The van der Waals surface area contributed by atoms with Crippen LogP contribution in [0.2, 0.25) is 0 Å². The maximum absolute atomic E-state index is 6.39. The molecule has 0 aromatic heterocycles. The summed E-state index contributed by atoms with van der Waals surface area (Å²) in [5.41, 5.74) is 9.87. The molecule has 2 fully saturated rings. The molecule has 3 rings (SSSR count). The molecule has 0 spiro atoms. The first-order chi connectivity index (χ1) is 10.2. The van der Waals surface area contributed by atoms with Crippen molar-refractivity contribution in [3.05, 3.63) is 18.2 Å². The van der Waals surface area contributed by atoms with Gasteiger partial charge in [0.15, 0.2) is 0 Å². The minimum absolute atomic E-state index is 0.628. The molecule has 21 heavy (non-hydrogen) atoms. The van der Waals surface area contributed by atoms with Gasteiger partial charge in [-0.15, -0.1) is 0 Å². The lowest BCUT2D eigenvalue weighted by Crippen LogP contribution is -2.32. The van der Waals surface area contributed by atoms with Gasteiger partial charge < -0.3 is 15.5 Å². The monoisotopic (exact) mass is 287 g/mol. The van der Waals surface area contributed by atoms with Crippen molar-refractivity contribution in [2.75, 3.05) is 28.6 Å². The largest absolute Gasteiger partial charge is 0.397 e. The van der Waals surface area contributed by atoms with Crippen LogP contribution in [0.5, 0.6) is 0 Å². The van der Waals surface area contributed by atoms with Crippen molar-refractivity contribution in [2.24, 2.45) is 0 Å². The van der Waals surface area contributed by atoms with Crippen LogP contribution in [0.15, 0.2) is 18.2 Å². The summed E-state index contributed by atoms with van der Waals surface area (Å²) in [4.78, 5) is 5.01. The molecule has 1 aromatic carbocycles. The summed E-state index contributed by atoms with van der Waals surface area (Å²) in [5, 5.41) is 0. The van der Waals surface area contributed by atoms with Gasteiger partial charge in [0.25, 0.3) is 0 Å². The predicted octanol–water partition coefficient (Wildman–Crippen LogP) is 4.03. The van der Waals surface area contributed by atoms with Gasteiger partial charge in [0.2, 0.25) is 0 Å². The summed E-state index contributed by atoms with van der Waals surface area (Å²) in [6.45, 7) is 6.95. The molecule has 116 valence electrons. The first-order valence-electron chi connectivity index (χ1n) is 8.59. The van der Waals surface area contributed by atoms with E-state index in [2.05, 4.69) is 41.8 Å². The lowest BCUT2D eigenvalue weighted by molar-refractivity contribution is 0.694. The lowest BCUT2D eigenvalue weighted by Gasteiger charge is -2.30. The van der Waals surface area contributed by atoms with Crippen LogP contribution in [0.1, 0.15) is 52.4 Å². The molecule has 2 N–H and O–H groups in total. The van der Waals surface area contributed by atoms with E-state index in [0.29, 0.717) is 12.1 Å². The molecule has 3 heteroatoms. The van der Waals surface area contributed by atoms with Crippen LogP contribution in [-0.4, -0.2) is 25.2 Å². The van der Waals surface area contributed by atoms with E-state index in [9.17, 15) is 0 Å². The lowest BCUT2D eigenvalue weighted by atomic mass is 10.1. The molecular formula is C18H29N3. The zero-order valence-electron chi connectivity index (χ0n) is 13.5. The maximum Gasteiger partial charge on any atom is 0.0601 e. The van der Waals surface area contributed by atoms with Gasteiger partial charge in [0.1, 0.15) is 0 Å². The number of nitrogen functional groups attached to an aromatic ring is 1. The van der Waals surface area contributed by atoms with E-state index < -0.39 is 0 Å². The zero-order chi connectivity index (χ0) is 14.8. The minimum atomic E-state index is 0.628. The van der Waals surface area contributed by atoms with Gasteiger partial charge in [0, 0.05) is 30.9 Å². The normalized spacial score (nSPS) is 27.0. The number of benzene rings is 1. The van der Waals surface area contributed by atoms with Crippen molar-refractivity contribution < 1.29 is 0 Å². The Morgan fingerprint density at radius 1 is 0.952 bits per heavy atom. The smallest absolute Gasteiger partial charge is 0.0601 e. The van der Waals surface area contributed by atoms with Crippen LogP contribution >= 0.6 is 0 Å². The second-order valence-corrected chi connectivity index (χ2v) is 6.83. The average molecular weight is 287 g/mol. The Hall–Kier alpha value is -1.38. The van der Waals surface area contributed by atoms with Crippen LogP contribution < -0.4 is 15.5 Å². The Labute approximate surface area is 129 Å². The van der Waals surface area contributed by atoms with Crippen molar-refractivity contribution in [3.8, 4) is 0 Å². The molecular weight excluding hydrogens is 258 g/mol. The number of hydrogen-bond acceptors (Lipinski definition) is 3. The Balaban J connectivity index is 1.82. The molecule has 3 nitrogen and oxygen atoms in total. The fraction of sp³-hybridized carbons (Fsp3) is 0.667. The first kappa shape index (κ1) is 14.6. The van der Waals surface area contributed by atoms with Gasteiger partial charge >= 0.3 is 0 Å². The highest BCUT2D eigenvalue weighted by Crippen LogP contribution is 2.35. The summed E-state index contributed by atoms with van der Waals surface area (Å²) in [7, 11) is 0. The molecule has 2 aliphatic rings. The van der Waals surface area contributed by atoms with Gasteiger partial charge in [-0.05, 0) is 57.7 Å². The molecule has 1 aromatic rings. The van der Waals surface area contributed by atoms with Gasteiger partial charge in [-0.3, -0.25) is 0 Å². The van der Waals surface area contributed by atoms with E-state index in [4.69, 9.17) is 5.73 Å². The molecule has 0 saturated carbocycles. The van der Waals surface area contributed by atoms with E-state index in [0.717, 1.165) is 18.8 Å². The van der Waals surface area contributed by atoms with Crippen LogP contribution in [0.25, 0.3) is 0 Å². The molecule has 0 radical (unpaired) electrons. The van der Waals surface area contributed by atoms with Crippen molar-refractivity contribution in [1.82, 2.24) is 0 Å². The average Bonchev–Trinajstić information content (AvgIpc) is 2.69. The molecule has 0 aliphatic carbocycles. The zero-order valence-corrected chi connectivity index (χ0v) is 13.5. The van der Waals surface area contributed by atoms with Crippen molar-refractivity contribution >= 4 is 17.1 Å². The molecule has 2 heterocycles. The Morgan fingerprint density at radius 3 is 2.14 bits per heavy atom. The maximum atomic E-state index is 6.39. The number of rotatable bonds is 2. The van der Waals surface area contributed by atoms with Crippen LogP contribution in [0.4, 0.5) is 17.1 Å². The second-order valence-electron chi connectivity index (χ2n) is 6.83. The van der Waals surface area contributed by atoms with Crippen LogP contribution in [0.3, 0.4) is 0 Å². The summed E-state index contributed by atoms with van der Waals surface area (Å²) < 4.78 is 0. The molecule has 0 amide bonds. The standard InChI is InChI=1S/C18H29N3/c1-14-7-8-15(2)21(14)16-9-10-18(17(19)13-16)20-11-5-3-4-6-12-20/h9-10,13-15H,3-8,11-12,19H2,1-2H3. The van der Waals surface area contributed by atoms with Crippen LogP contribution in [-0.2, 0) is 0 Å². The number of anilines is 3. The Kier molecular flexibility index (Phi) is 4.27. The minimum Gasteiger partial charge on any atom is -0.397 e. The van der Waals surface area contributed by atoms with Crippen molar-refractivity contribution in [2.45, 2.75) is 64.5 Å². The highest BCUT2D eigenvalue weighted by atomic mass is 15.2. The third-order valence-corrected chi connectivity index (χ3v) is 5.21. The Morgan fingerprint density at radius 2 is 1.57 bits per heavy atom. The fourth-order valence-corrected chi connectivity index (χ4v) is 4.01. The highest BCUT2D eigenvalue weighted by Gasteiger charge is 2.27. The van der Waals surface area contributed by atoms with Crippen molar-refractivity contribution in [1.29, 1.82) is 0 Å².